The maximum Gasteiger partial charge on any atom is 0.352 e. The van der Waals surface area contributed by atoms with Gasteiger partial charge >= 0.3 is 6.03 Å². The number of nitrogens with zero attached hydrogens (tertiary/aromatic N) is 2. The average molecular weight is 260 g/mol. The van der Waals surface area contributed by atoms with Crippen LogP contribution in [0.15, 0.2) is 30.3 Å². The Hall–Kier alpha value is -1.88. The van der Waals surface area contributed by atoms with Gasteiger partial charge in [0.05, 0.1) is 0 Å². The van der Waals surface area contributed by atoms with Crippen LogP contribution >= 0.6 is 0 Å². The van der Waals surface area contributed by atoms with Gasteiger partial charge < -0.3 is 4.90 Å². The zero-order valence-electron chi connectivity index (χ0n) is 10.6. The molecule has 2 saturated heterocycles. The van der Waals surface area contributed by atoms with Crippen LogP contribution in [0.1, 0.15) is 24.8 Å². The highest BCUT2D eigenvalue weighted by atomic mass is 16.7. The molecule has 0 aromatic heterocycles. The summed E-state index contributed by atoms with van der Waals surface area (Å²) in [4.78, 5) is 31.2. The molecule has 2 heterocycles. The predicted octanol–water partition coefficient (Wildman–Crippen LogP) is 1.93. The first-order valence-electron chi connectivity index (χ1n) is 6.59. The van der Waals surface area contributed by atoms with Gasteiger partial charge in [0.25, 0.3) is 5.91 Å². The molecular weight excluding hydrogens is 244 g/mol. The summed E-state index contributed by atoms with van der Waals surface area (Å²) < 4.78 is 0. The number of fused-ring (bicyclic) bond motifs is 1. The maximum absolute atomic E-state index is 12.1. The van der Waals surface area contributed by atoms with Gasteiger partial charge in [0.1, 0.15) is 12.6 Å². The van der Waals surface area contributed by atoms with Crippen molar-refractivity contribution in [1.82, 2.24) is 9.96 Å². The SMILES string of the molecule is O=C1[C@H]2CCCCN2C(=O)N1OCc1ccccc1. The number of piperidine rings is 1. The van der Waals surface area contributed by atoms with E-state index in [4.69, 9.17) is 4.84 Å². The summed E-state index contributed by atoms with van der Waals surface area (Å²) in [7, 11) is 0. The first-order chi connectivity index (χ1) is 9.27. The van der Waals surface area contributed by atoms with Gasteiger partial charge in [0.15, 0.2) is 0 Å². The molecule has 3 amide bonds. The molecule has 0 bridgehead atoms. The van der Waals surface area contributed by atoms with E-state index in [0.717, 1.165) is 29.9 Å². The van der Waals surface area contributed by atoms with Crippen molar-refractivity contribution >= 4 is 11.9 Å². The molecule has 3 rings (SSSR count). The number of hydrogen-bond donors (Lipinski definition) is 0. The molecule has 2 aliphatic rings. The van der Waals surface area contributed by atoms with E-state index in [9.17, 15) is 9.59 Å². The molecule has 1 aromatic carbocycles. The second-order valence-corrected chi connectivity index (χ2v) is 4.88. The lowest BCUT2D eigenvalue weighted by Gasteiger charge is -2.25. The van der Waals surface area contributed by atoms with E-state index in [0.29, 0.717) is 6.54 Å². The number of urea groups is 1. The van der Waals surface area contributed by atoms with E-state index >= 15 is 0 Å². The Morgan fingerprint density at radius 1 is 1.16 bits per heavy atom. The van der Waals surface area contributed by atoms with Crippen molar-refractivity contribution in [2.45, 2.75) is 31.9 Å². The Morgan fingerprint density at radius 3 is 2.68 bits per heavy atom. The van der Waals surface area contributed by atoms with Crippen LogP contribution in [0, 0.1) is 0 Å². The minimum atomic E-state index is -0.314. The molecule has 1 atom stereocenters. The van der Waals surface area contributed by atoms with Crippen LogP contribution in [0.25, 0.3) is 0 Å². The Balaban J connectivity index is 1.68. The second-order valence-electron chi connectivity index (χ2n) is 4.88. The molecule has 0 saturated carbocycles. The molecule has 19 heavy (non-hydrogen) atoms. The summed E-state index contributed by atoms with van der Waals surface area (Å²) in [5.74, 6) is -0.222. The van der Waals surface area contributed by atoms with E-state index in [-0.39, 0.29) is 24.6 Å². The van der Waals surface area contributed by atoms with Crippen LogP contribution in [-0.2, 0) is 16.2 Å². The van der Waals surface area contributed by atoms with Gasteiger partial charge in [-0.15, -0.1) is 5.06 Å². The smallest absolute Gasteiger partial charge is 0.310 e. The van der Waals surface area contributed by atoms with Gasteiger partial charge in [-0.3, -0.25) is 9.63 Å². The molecule has 2 aliphatic heterocycles. The van der Waals surface area contributed by atoms with E-state index in [2.05, 4.69) is 0 Å². The lowest BCUT2D eigenvalue weighted by Crippen LogP contribution is -2.38. The minimum absolute atomic E-state index is 0.222. The first kappa shape index (κ1) is 12.2. The summed E-state index contributed by atoms with van der Waals surface area (Å²) in [6, 6.07) is 8.89. The van der Waals surface area contributed by atoms with Crippen molar-refractivity contribution in [3.8, 4) is 0 Å². The summed E-state index contributed by atoms with van der Waals surface area (Å²) >= 11 is 0. The second kappa shape index (κ2) is 5.01. The first-order valence-corrected chi connectivity index (χ1v) is 6.59. The topological polar surface area (TPSA) is 49.9 Å². The lowest BCUT2D eigenvalue weighted by molar-refractivity contribution is -0.167. The quantitative estimate of drug-likeness (QED) is 0.780. The van der Waals surface area contributed by atoms with Crippen LogP contribution < -0.4 is 0 Å². The molecule has 1 aromatic rings. The average Bonchev–Trinajstić information content (AvgIpc) is 2.71. The highest BCUT2D eigenvalue weighted by molar-refractivity contribution is 6.03. The minimum Gasteiger partial charge on any atom is -0.310 e. The van der Waals surface area contributed by atoms with Gasteiger partial charge in [0, 0.05) is 6.54 Å². The van der Waals surface area contributed by atoms with Gasteiger partial charge in [0.2, 0.25) is 0 Å². The van der Waals surface area contributed by atoms with Crippen LogP contribution in [0.5, 0.6) is 0 Å². The summed E-state index contributed by atoms with van der Waals surface area (Å²) in [6.45, 7) is 0.888. The number of rotatable bonds is 3. The van der Waals surface area contributed by atoms with Crippen LogP contribution in [0.3, 0.4) is 0 Å². The number of benzene rings is 1. The van der Waals surface area contributed by atoms with Crippen molar-refractivity contribution in [3.63, 3.8) is 0 Å². The van der Waals surface area contributed by atoms with Crippen molar-refractivity contribution in [2.75, 3.05) is 6.54 Å². The molecule has 0 aliphatic carbocycles. The van der Waals surface area contributed by atoms with Crippen molar-refractivity contribution in [3.05, 3.63) is 35.9 Å². The molecule has 5 heteroatoms. The third-order valence-electron chi connectivity index (χ3n) is 3.61. The zero-order valence-corrected chi connectivity index (χ0v) is 10.6. The molecule has 5 nitrogen and oxygen atoms in total. The summed E-state index contributed by atoms with van der Waals surface area (Å²) in [5.41, 5.74) is 0.938. The molecule has 100 valence electrons. The number of imide groups is 1. The standard InChI is InChI=1S/C14H16N2O3/c17-13-12-8-4-5-9-15(12)14(18)16(13)19-10-11-6-2-1-3-7-11/h1-3,6-7,12H,4-5,8-10H2/t12-/m1/s1. The number of hydrogen-bond acceptors (Lipinski definition) is 3. The Morgan fingerprint density at radius 2 is 1.95 bits per heavy atom. The van der Waals surface area contributed by atoms with E-state index in [1.165, 1.54) is 0 Å². The monoisotopic (exact) mass is 260 g/mol. The number of hydroxylamine groups is 2. The molecule has 0 radical (unpaired) electrons. The zero-order chi connectivity index (χ0) is 13.2. The number of carbonyl (C=O) groups excluding carboxylic acids is 2. The normalized spacial score (nSPS) is 22.8. The molecular formula is C14H16N2O3. The molecule has 0 N–H and O–H groups in total. The molecule has 0 spiro atoms. The predicted molar refractivity (Wildman–Crippen MR) is 67.8 cm³/mol. The van der Waals surface area contributed by atoms with Gasteiger partial charge in [-0.05, 0) is 24.8 Å². The van der Waals surface area contributed by atoms with Crippen molar-refractivity contribution in [2.24, 2.45) is 0 Å². The Kier molecular flexibility index (Phi) is 3.21. The van der Waals surface area contributed by atoms with Gasteiger partial charge in [-0.2, -0.15) is 0 Å². The Bertz CT molecular complexity index is 465. The fraction of sp³-hybridized carbons (Fsp3) is 0.429. The van der Waals surface area contributed by atoms with E-state index in [1.807, 2.05) is 30.3 Å². The maximum atomic E-state index is 12.1. The lowest BCUT2D eigenvalue weighted by atomic mass is 10.0. The highest BCUT2D eigenvalue weighted by Crippen LogP contribution is 2.27. The third kappa shape index (κ3) is 2.21. The number of amides is 3. The molecule has 2 fully saturated rings. The summed E-state index contributed by atoms with van der Waals surface area (Å²) in [6.07, 6.45) is 2.70. The summed E-state index contributed by atoms with van der Waals surface area (Å²) in [5, 5.41) is 0.934. The van der Waals surface area contributed by atoms with Crippen LogP contribution in [0.2, 0.25) is 0 Å². The third-order valence-corrected chi connectivity index (χ3v) is 3.61. The van der Waals surface area contributed by atoms with Crippen molar-refractivity contribution in [1.29, 1.82) is 0 Å². The van der Waals surface area contributed by atoms with Crippen molar-refractivity contribution < 1.29 is 14.4 Å². The fourth-order valence-electron chi connectivity index (χ4n) is 2.60. The van der Waals surface area contributed by atoms with Crippen LogP contribution in [-0.4, -0.2) is 34.5 Å². The molecule has 0 unspecified atom stereocenters. The fourth-order valence-corrected chi connectivity index (χ4v) is 2.60. The highest BCUT2D eigenvalue weighted by Gasteiger charge is 2.46. The number of carbonyl (C=O) groups is 2. The van der Waals surface area contributed by atoms with Gasteiger partial charge in [-0.1, -0.05) is 30.3 Å². The Labute approximate surface area is 111 Å². The van der Waals surface area contributed by atoms with Gasteiger partial charge in [-0.25, -0.2) is 4.79 Å². The largest absolute Gasteiger partial charge is 0.352 e. The van der Waals surface area contributed by atoms with Crippen LogP contribution in [0.4, 0.5) is 4.79 Å². The van der Waals surface area contributed by atoms with E-state index in [1.54, 1.807) is 4.90 Å². The van der Waals surface area contributed by atoms with E-state index < -0.39 is 0 Å².